The summed E-state index contributed by atoms with van der Waals surface area (Å²) in [5.41, 5.74) is 10.4. The van der Waals surface area contributed by atoms with E-state index in [-0.39, 0.29) is 0 Å². The van der Waals surface area contributed by atoms with Crippen molar-refractivity contribution in [2.24, 2.45) is 11.8 Å². The van der Waals surface area contributed by atoms with Crippen LogP contribution < -0.4 is 0 Å². The number of nitrogens with zero attached hydrogens (tertiary/aromatic N) is 2. The van der Waals surface area contributed by atoms with E-state index in [1.54, 1.807) is 5.56 Å². The summed E-state index contributed by atoms with van der Waals surface area (Å²) in [5.74, 6) is 2.72. The van der Waals surface area contributed by atoms with Crippen LogP contribution in [0, 0.1) is 25.7 Å². The maximum Gasteiger partial charge on any atom is 0.0794 e. The van der Waals surface area contributed by atoms with Crippen molar-refractivity contribution >= 4 is 54.4 Å². The third kappa shape index (κ3) is 3.98. The predicted molar refractivity (Wildman–Crippen MR) is 180 cm³/mol. The van der Waals surface area contributed by atoms with Gasteiger partial charge in [-0.1, -0.05) is 88.1 Å². The van der Waals surface area contributed by atoms with Gasteiger partial charge in [-0.05, 0) is 97.6 Å². The molecule has 0 bridgehead atoms. The second-order valence-electron chi connectivity index (χ2n) is 13.9. The van der Waals surface area contributed by atoms with Crippen LogP contribution in [0.25, 0.3) is 54.4 Å². The van der Waals surface area contributed by atoms with Gasteiger partial charge in [0.2, 0.25) is 0 Å². The van der Waals surface area contributed by atoms with Crippen LogP contribution in [0.2, 0.25) is 0 Å². The van der Waals surface area contributed by atoms with Crippen LogP contribution in [0.15, 0.2) is 60.7 Å². The predicted octanol–water partition coefficient (Wildman–Crippen LogP) is 11.4. The average Bonchev–Trinajstić information content (AvgIpc) is 3.01. The Bertz CT molecular complexity index is 2000. The SMILES string of the molecule is Cc1c(C)c2c(ccc3c(C4CCCC(C)C4)c4ccccc4nc32)c2nc3ccccc3c(C3CCCC(C)C3)c12. The molecule has 2 heterocycles. The summed E-state index contributed by atoms with van der Waals surface area (Å²) in [7, 11) is 0. The summed E-state index contributed by atoms with van der Waals surface area (Å²) in [6.07, 6.45) is 10.4. The average molecular weight is 551 g/mol. The molecule has 0 spiro atoms. The first-order chi connectivity index (χ1) is 20.5. The molecular formula is C40H42N2. The summed E-state index contributed by atoms with van der Waals surface area (Å²) >= 11 is 0. The van der Waals surface area contributed by atoms with Crippen LogP contribution in [-0.4, -0.2) is 9.97 Å². The molecule has 0 saturated heterocycles. The summed E-state index contributed by atoms with van der Waals surface area (Å²) < 4.78 is 0. The highest BCUT2D eigenvalue weighted by Crippen LogP contribution is 2.48. The summed E-state index contributed by atoms with van der Waals surface area (Å²) in [6.45, 7) is 9.58. The molecule has 0 radical (unpaired) electrons. The van der Waals surface area contributed by atoms with Gasteiger partial charge >= 0.3 is 0 Å². The minimum atomic E-state index is 0.585. The van der Waals surface area contributed by atoms with Crippen molar-refractivity contribution in [2.75, 3.05) is 0 Å². The molecule has 0 N–H and O–H groups in total. The van der Waals surface area contributed by atoms with E-state index in [1.807, 2.05) is 0 Å². The Labute approximate surface area is 249 Å². The maximum atomic E-state index is 5.45. The molecule has 0 amide bonds. The van der Waals surface area contributed by atoms with Crippen molar-refractivity contribution in [3.05, 3.63) is 82.9 Å². The highest BCUT2D eigenvalue weighted by atomic mass is 14.7. The Hall–Kier alpha value is -3.52. The second kappa shape index (κ2) is 10.0. The van der Waals surface area contributed by atoms with Crippen molar-refractivity contribution in [3.63, 3.8) is 0 Å². The fourth-order valence-corrected chi connectivity index (χ4v) is 9.01. The van der Waals surface area contributed by atoms with Gasteiger partial charge in [0.15, 0.2) is 0 Å². The van der Waals surface area contributed by atoms with E-state index in [1.165, 1.54) is 111 Å². The lowest BCUT2D eigenvalue weighted by atomic mass is 9.75. The summed E-state index contributed by atoms with van der Waals surface area (Å²) in [6, 6.07) is 22.6. The zero-order chi connectivity index (χ0) is 28.5. The van der Waals surface area contributed by atoms with Crippen LogP contribution in [0.4, 0.5) is 0 Å². The molecule has 4 atom stereocenters. The van der Waals surface area contributed by atoms with E-state index in [0.717, 1.165) is 22.9 Å². The first kappa shape index (κ1) is 26.1. The largest absolute Gasteiger partial charge is 0.247 e. The Morgan fingerprint density at radius 3 is 1.64 bits per heavy atom. The van der Waals surface area contributed by atoms with Gasteiger partial charge in [-0.3, -0.25) is 0 Å². The van der Waals surface area contributed by atoms with Crippen LogP contribution in [0.3, 0.4) is 0 Å². The van der Waals surface area contributed by atoms with Gasteiger partial charge in [0, 0.05) is 32.3 Å². The third-order valence-electron chi connectivity index (χ3n) is 11.1. The molecule has 2 heteroatoms. The van der Waals surface area contributed by atoms with Crippen molar-refractivity contribution in [2.45, 2.75) is 90.9 Å². The number of aryl methyl sites for hydroxylation is 2. The second-order valence-corrected chi connectivity index (χ2v) is 13.9. The van der Waals surface area contributed by atoms with Gasteiger partial charge < -0.3 is 0 Å². The fourth-order valence-electron chi connectivity index (χ4n) is 9.01. The van der Waals surface area contributed by atoms with E-state index in [2.05, 4.69) is 88.4 Å². The third-order valence-corrected chi connectivity index (χ3v) is 11.1. The van der Waals surface area contributed by atoms with Crippen LogP contribution in [0.1, 0.15) is 99.3 Å². The number of para-hydroxylation sites is 2. The fraction of sp³-hybridized carbons (Fsp3) is 0.400. The Morgan fingerprint density at radius 2 is 1.02 bits per heavy atom. The van der Waals surface area contributed by atoms with Crippen molar-refractivity contribution in [3.8, 4) is 0 Å². The van der Waals surface area contributed by atoms with E-state index < -0.39 is 0 Å². The van der Waals surface area contributed by atoms with E-state index in [4.69, 9.17) is 9.97 Å². The van der Waals surface area contributed by atoms with Crippen LogP contribution >= 0.6 is 0 Å². The number of hydrogen-bond donors (Lipinski definition) is 0. The minimum Gasteiger partial charge on any atom is -0.247 e. The molecule has 2 nitrogen and oxygen atoms in total. The molecule has 42 heavy (non-hydrogen) atoms. The Balaban J connectivity index is 1.50. The maximum absolute atomic E-state index is 5.45. The molecule has 2 aliphatic carbocycles. The van der Waals surface area contributed by atoms with E-state index >= 15 is 0 Å². The first-order valence-corrected chi connectivity index (χ1v) is 16.5. The Kier molecular flexibility index (Phi) is 6.25. The Morgan fingerprint density at radius 1 is 0.524 bits per heavy atom. The smallest absolute Gasteiger partial charge is 0.0794 e. The number of rotatable bonds is 2. The number of fused-ring (bicyclic) bond motifs is 7. The minimum absolute atomic E-state index is 0.585. The van der Waals surface area contributed by atoms with Crippen LogP contribution in [0.5, 0.6) is 0 Å². The molecule has 2 saturated carbocycles. The quantitative estimate of drug-likeness (QED) is 0.158. The lowest BCUT2D eigenvalue weighted by Crippen LogP contribution is -2.13. The number of aromatic nitrogens is 2. The lowest BCUT2D eigenvalue weighted by molar-refractivity contribution is 0.346. The summed E-state index contributed by atoms with van der Waals surface area (Å²) in [5, 5.41) is 8.02. The van der Waals surface area contributed by atoms with Gasteiger partial charge in [0.25, 0.3) is 0 Å². The summed E-state index contributed by atoms with van der Waals surface area (Å²) in [4.78, 5) is 10.9. The molecule has 4 aromatic carbocycles. The molecule has 2 fully saturated rings. The zero-order valence-electron chi connectivity index (χ0n) is 25.6. The molecule has 4 unspecified atom stereocenters. The molecule has 2 aliphatic rings. The topological polar surface area (TPSA) is 25.8 Å². The highest BCUT2D eigenvalue weighted by Gasteiger charge is 2.28. The zero-order valence-corrected chi connectivity index (χ0v) is 25.6. The van der Waals surface area contributed by atoms with E-state index in [9.17, 15) is 0 Å². The molecule has 0 aliphatic heterocycles. The van der Waals surface area contributed by atoms with Gasteiger partial charge in [0.05, 0.1) is 22.1 Å². The van der Waals surface area contributed by atoms with Gasteiger partial charge in [-0.15, -0.1) is 0 Å². The first-order valence-electron chi connectivity index (χ1n) is 16.5. The highest BCUT2D eigenvalue weighted by molar-refractivity contribution is 6.21. The monoisotopic (exact) mass is 550 g/mol. The van der Waals surface area contributed by atoms with E-state index in [0.29, 0.717) is 11.8 Å². The normalized spacial score (nSPS) is 23.4. The molecular weight excluding hydrogens is 508 g/mol. The lowest BCUT2D eigenvalue weighted by Gasteiger charge is -2.30. The number of benzene rings is 4. The number of hydrogen-bond acceptors (Lipinski definition) is 2. The van der Waals surface area contributed by atoms with Crippen molar-refractivity contribution in [1.82, 2.24) is 9.97 Å². The molecule has 2 aromatic heterocycles. The molecule has 6 aromatic rings. The van der Waals surface area contributed by atoms with Crippen molar-refractivity contribution in [1.29, 1.82) is 0 Å². The van der Waals surface area contributed by atoms with Crippen LogP contribution in [-0.2, 0) is 0 Å². The van der Waals surface area contributed by atoms with Gasteiger partial charge in [-0.2, -0.15) is 0 Å². The van der Waals surface area contributed by atoms with Gasteiger partial charge in [0.1, 0.15) is 0 Å². The molecule has 8 rings (SSSR count). The van der Waals surface area contributed by atoms with Gasteiger partial charge in [-0.25, -0.2) is 9.97 Å². The standard InChI is InChI=1S/C40H42N2/c1-23-11-9-13-27(21-23)37-29-15-5-7-17-33(29)41-39-32(37)20-19-31-35(39)25(3)26(4)36-38(28-14-10-12-24(2)22-28)30-16-6-8-18-34(30)42-40(31)36/h5-8,15-20,23-24,27-28H,9-14,21-22H2,1-4H3. The number of pyridine rings is 2. The van der Waals surface area contributed by atoms with Crippen molar-refractivity contribution < 1.29 is 0 Å². The molecule has 212 valence electrons.